The number of oxazole rings is 1. The average Bonchev–Trinajstić information content (AvgIpc) is 2.99. The largest absolute Gasteiger partial charge is 0.493 e. The van der Waals surface area contributed by atoms with Crippen LogP contribution < -0.4 is 14.8 Å². The van der Waals surface area contributed by atoms with Gasteiger partial charge in [-0.15, -0.1) is 0 Å². The summed E-state index contributed by atoms with van der Waals surface area (Å²) in [6.07, 6.45) is 0. The summed E-state index contributed by atoms with van der Waals surface area (Å²) in [6, 6.07) is 7.32. The number of methoxy groups -OCH3 is 2. The number of nitro benzene ring substituents is 1. The number of nitrogens with one attached hydrogen (secondary N) is 1. The Morgan fingerprint density at radius 1 is 1.19 bits per heavy atom. The maximum Gasteiger partial charge on any atom is 0.286 e. The summed E-state index contributed by atoms with van der Waals surface area (Å²) in [5, 5.41) is 14.0. The third kappa shape index (κ3) is 3.14. The summed E-state index contributed by atoms with van der Waals surface area (Å²) in [6.45, 7) is 1.71. The number of hydrogen-bond acceptors (Lipinski definition) is 7. The van der Waals surface area contributed by atoms with Gasteiger partial charge in [0.2, 0.25) is 0 Å². The van der Waals surface area contributed by atoms with Gasteiger partial charge in [-0.2, -0.15) is 0 Å². The van der Waals surface area contributed by atoms with E-state index in [2.05, 4.69) is 10.3 Å². The lowest BCUT2D eigenvalue weighted by Crippen LogP contribution is -2.14. The quantitative estimate of drug-likeness (QED) is 0.550. The van der Waals surface area contributed by atoms with Crippen molar-refractivity contribution >= 4 is 28.4 Å². The van der Waals surface area contributed by atoms with Gasteiger partial charge in [-0.1, -0.05) is 0 Å². The molecule has 0 aliphatic heterocycles. The molecular formula is C17H15N3O6. The highest BCUT2D eigenvalue weighted by atomic mass is 16.6. The third-order valence-electron chi connectivity index (χ3n) is 3.70. The molecule has 0 spiro atoms. The Morgan fingerprint density at radius 2 is 1.88 bits per heavy atom. The molecule has 1 N–H and O–H groups in total. The number of fused-ring (bicyclic) bond motifs is 1. The average molecular weight is 357 g/mol. The maximum absolute atomic E-state index is 12.6. The fraction of sp³-hybridized carbons (Fsp3) is 0.176. The van der Waals surface area contributed by atoms with Crippen LogP contribution >= 0.6 is 0 Å². The normalized spacial score (nSPS) is 10.6. The van der Waals surface area contributed by atoms with E-state index in [1.54, 1.807) is 25.1 Å². The molecule has 9 heteroatoms. The van der Waals surface area contributed by atoms with Gasteiger partial charge < -0.3 is 19.2 Å². The zero-order valence-electron chi connectivity index (χ0n) is 14.2. The van der Waals surface area contributed by atoms with Gasteiger partial charge in [0.25, 0.3) is 11.6 Å². The van der Waals surface area contributed by atoms with Crippen LogP contribution in [0.4, 0.5) is 11.4 Å². The van der Waals surface area contributed by atoms with E-state index in [9.17, 15) is 14.9 Å². The molecular weight excluding hydrogens is 342 g/mol. The summed E-state index contributed by atoms with van der Waals surface area (Å²) in [5.74, 6) is 0.220. The summed E-state index contributed by atoms with van der Waals surface area (Å²) in [7, 11) is 2.74. The Labute approximate surface area is 147 Å². The van der Waals surface area contributed by atoms with E-state index in [0.717, 1.165) is 6.07 Å². The Morgan fingerprint density at radius 3 is 2.54 bits per heavy atom. The van der Waals surface area contributed by atoms with Crippen LogP contribution in [-0.4, -0.2) is 30.0 Å². The van der Waals surface area contributed by atoms with Gasteiger partial charge in [-0.25, -0.2) is 4.98 Å². The van der Waals surface area contributed by atoms with Crippen molar-refractivity contribution in [2.45, 2.75) is 6.92 Å². The molecule has 3 rings (SSSR count). The molecule has 26 heavy (non-hydrogen) atoms. The lowest BCUT2D eigenvalue weighted by Gasteiger charge is -2.11. The van der Waals surface area contributed by atoms with Crippen LogP contribution in [0, 0.1) is 17.0 Å². The summed E-state index contributed by atoms with van der Waals surface area (Å²) in [5.41, 5.74) is 1.04. The standard InChI is InChI=1S/C17H15N3O6/c1-9-18-12-6-10(4-5-14(12)26-9)19-17(21)11-7-15(24-2)16(25-3)8-13(11)20(22)23/h4-8H,1-3H3,(H,19,21). The van der Waals surface area contributed by atoms with Crippen molar-refractivity contribution in [3.63, 3.8) is 0 Å². The molecule has 1 aromatic heterocycles. The number of aryl methyl sites for hydroxylation is 1. The van der Waals surface area contributed by atoms with E-state index in [4.69, 9.17) is 13.9 Å². The van der Waals surface area contributed by atoms with Gasteiger partial charge in [0, 0.05) is 18.7 Å². The first kappa shape index (κ1) is 17.2. The predicted molar refractivity (Wildman–Crippen MR) is 92.9 cm³/mol. The minimum atomic E-state index is -0.655. The number of nitrogens with zero attached hydrogens (tertiary/aromatic N) is 2. The number of rotatable bonds is 5. The smallest absolute Gasteiger partial charge is 0.286 e. The van der Waals surface area contributed by atoms with Crippen LogP contribution in [0.25, 0.3) is 11.1 Å². The van der Waals surface area contributed by atoms with Gasteiger partial charge >= 0.3 is 0 Å². The Balaban J connectivity index is 1.98. The first-order valence-electron chi connectivity index (χ1n) is 7.52. The van der Waals surface area contributed by atoms with E-state index >= 15 is 0 Å². The molecule has 0 saturated carbocycles. The number of amides is 1. The second kappa shape index (κ2) is 6.71. The van der Waals surface area contributed by atoms with Crippen molar-refractivity contribution in [1.29, 1.82) is 0 Å². The van der Waals surface area contributed by atoms with Crippen molar-refractivity contribution in [2.75, 3.05) is 19.5 Å². The second-order valence-corrected chi connectivity index (χ2v) is 5.35. The number of carbonyl (C=O) groups excluding carboxylic acids is 1. The molecule has 0 aliphatic rings. The summed E-state index contributed by atoms with van der Waals surface area (Å²) < 4.78 is 15.5. The van der Waals surface area contributed by atoms with Crippen LogP contribution in [0.5, 0.6) is 11.5 Å². The molecule has 2 aromatic carbocycles. The van der Waals surface area contributed by atoms with Gasteiger partial charge in [0.05, 0.1) is 25.2 Å². The fourth-order valence-corrected chi connectivity index (χ4v) is 2.52. The molecule has 134 valence electrons. The zero-order valence-corrected chi connectivity index (χ0v) is 14.2. The van der Waals surface area contributed by atoms with Gasteiger partial charge in [0.15, 0.2) is 23.0 Å². The Bertz CT molecular complexity index is 1010. The molecule has 0 bridgehead atoms. The minimum absolute atomic E-state index is 0.149. The van der Waals surface area contributed by atoms with Crippen LogP contribution in [0.1, 0.15) is 16.2 Å². The lowest BCUT2D eigenvalue weighted by molar-refractivity contribution is -0.385. The summed E-state index contributed by atoms with van der Waals surface area (Å²) in [4.78, 5) is 27.5. The number of carbonyl (C=O) groups is 1. The lowest BCUT2D eigenvalue weighted by atomic mass is 10.1. The number of aromatic nitrogens is 1. The Hall–Kier alpha value is -3.62. The zero-order chi connectivity index (χ0) is 18.8. The summed E-state index contributed by atoms with van der Waals surface area (Å²) >= 11 is 0. The SMILES string of the molecule is COc1cc(C(=O)Nc2ccc3oc(C)nc3c2)c([N+](=O)[O-])cc1OC. The van der Waals surface area contributed by atoms with Crippen molar-refractivity contribution in [3.05, 3.63) is 51.9 Å². The van der Waals surface area contributed by atoms with Gasteiger partial charge in [-0.05, 0) is 18.2 Å². The second-order valence-electron chi connectivity index (χ2n) is 5.35. The first-order valence-corrected chi connectivity index (χ1v) is 7.52. The predicted octanol–water partition coefficient (Wildman–Crippen LogP) is 3.31. The van der Waals surface area contributed by atoms with Crippen molar-refractivity contribution in [2.24, 2.45) is 0 Å². The van der Waals surface area contributed by atoms with Crippen LogP contribution in [0.3, 0.4) is 0 Å². The minimum Gasteiger partial charge on any atom is -0.493 e. The molecule has 0 radical (unpaired) electrons. The maximum atomic E-state index is 12.6. The highest BCUT2D eigenvalue weighted by Gasteiger charge is 2.24. The number of ether oxygens (including phenoxy) is 2. The molecule has 0 saturated heterocycles. The van der Waals surface area contributed by atoms with E-state index in [-0.39, 0.29) is 17.1 Å². The van der Waals surface area contributed by atoms with Crippen LogP contribution in [0.2, 0.25) is 0 Å². The van der Waals surface area contributed by atoms with E-state index in [1.165, 1.54) is 20.3 Å². The molecule has 1 heterocycles. The molecule has 0 unspecified atom stereocenters. The first-order chi connectivity index (χ1) is 12.4. The highest BCUT2D eigenvalue weighted by molar-refractivity contribution is 6.08. The van der Waals surface area contributed by atoms with E-state index in [1.807, 2.05) is 0 Å². The molecule has 9 nitrogen and oxygen atoms in total. The third-order valence-corrected chi connectivity index (χ3v) is 3.70. The molecule has 0 fully saturated rings. The molecule has 0 atom stereocenters. The van der Waals surface area contributed by atoms with Crippen molar-refractivity contribution in [3.8, 4) is 11.5 Å². The number of hydrogen-bond donors (Lipinski definition) is 1. The highest BCUT2D eigenvalue weighted by Crippen LogP contribution is 2.35. The number of anilines is 1. The fourth-order valence-electron chi connectivity index (χ4n) is 2.52. The topological polar surface area (TPSA) is 117 Å². The van der Waals surface area contributed by atoms with Crippen molar-refractivity contribution in [1.82, 2.24) is 4.98 Å². The number of benzene rings is 2. The van der Waals surface area contributed by atoms with Crippen LogP contribution in [-0.2, 0) is 0 Å². The van der Waals surface area contributed by atoms with Crippen molar-refractivity contribution < 1.29 is 23.6 Å². The monoisotopic (exact) mass is 357 g/mol. The van der Waals surface area contributed by atoms with Crippen LogP contribution in [0.15, 0.2) is 34.7 Å². The van der Waals surface area contributed by atoms with Gasteiger partial charge in [-0.3, -0.25) is 14.9 Å². The number of nitro groups is 1. The molecule has 1 amide bonds. The Kier molecular flexibility index (Phi) is 4.44. The molecule has 3 aromatic rings. The van der Waals surface area contributed by atoms with Gasteiger partial charge in [0.1, 0.15) is 11.1 Å². The van der Waals surface area contributed by atoms with E-state index in [0.29, 0.717) is 22.7 Å². The molecule has 0 aliphatic carbocycles. The van der Waals surface area contributed by atoms with E-state index < -0.39 is 16.5 Å².